The van der Waals surface area contributed by atoms with Gasteiger partial charge in [0.2, 0.25) is 21.8 Å². The van der Waals surface area contributed by atoms with Crippen molar-refractivity contribution in [3.8, 4) is 0 Å². The number of likely N-dealkylation sites (N-methyl/N-ethyl adjacent to an activating group) is 1. The Morgan fingerprint density at radius 2 is 1.56 bits per heavy atom. The predicted molar refractivity (Wildman–Crippen MR) is 128 cm³/mol. The van der Waals surface area contributed by atoms with E-state index in [1.165, 1.54) is 4.31 Å². The normalized spacial score (nSPS) is 12.1. The number of hydrogen-bond acceptors (Lipinski definition) is 4. The van der Waals surface area contributed by atoms with Crippen LogP contribution in [0.2, 0.25) is 0 Å². The minimum Gasteiger partial charge on any atom is -0.355 e. The van der Waals surface area contributed by atoms with E-state index in [0.717, 1.165) is 11.8 Å². The van der Waals surface area contributed by atoms with Crippen molar-refractivity contribution in [1.82, 2.24) is 10.2 Å². The highest BCUT2D eigenvalue weighted by Gasteiger charge is 2.28. The number of hydrogen-bond donors (Lipinski definition) is 1. The van der Waals surface area contributed by atoms with Gasteiger partial charge >= 0.3 is 0 Å². The zero-order valence-corrected chi connectivity index (χ0v) is 19.8. The number of rotatable bonds is 12. The lowest BCUT2D eigenvalue weighted by atomic mass is 10.1. The van der Waals surface area contributed by atoms with Crippen LogP contribution in [0, 0.1) is 0 Å². The van der Waals surface area contributed by atoms with Crippen LogP contribution in [0.1, 0.15) is 38.7 Å². The number of para-hydroxylation sites is 1. The molecular weight excluding hydrogens is 426 g/mol. The van der Waals surface area contributed by atoms with Crippen molar-refractivity contribution in [2.45, 2.75) is 45.7 Å². The molecule has 1 atom stereocenters. The first kappa shape index (κ1) is 25.4. The maximum absolute atomic E-state index is 13.2. The van der Waals surface area contributed by atoms with Gasteiger partial charge in [-0.3, -0.25) is 13.9 Å². The van der Waals surface area contributed by atoms with E-state index in [4.69, 9.17) is 0 Å². The lowest BCUT2D eigenvalue weighted by Gasteiger charge is -2.31. The summed E-state index contributed by atoms with van der Waals surface area (Å²) in [5.74, 6) is -0.352. The summed E-state index contributed by atoms with van der Waals surface area (Å²) in [6.45, 7) is 4.72. The second kappa shape index (κ2) is 12.2. The van der Waals surface area contributed by atoms with Crippen molar-refractivity contribution in [2.24, 2.45) is 0 Å². The highest BCUT2D eigenvalue weighted by molar-refractivity contribution is 7.92. The molecule has 2 aromatic rings. The van der Waals surface area contributed by atoms with Gasteiger partial charge in [-0.05, 0) is 37.5 Å². The quantitative estimate of drug-likeness (QED) is 0.528. The van der Waals surface area contributed by atoms with Crippen LogP contribution in [0.3, 0.4) is 0 Å². The Labute approximate surface area is 191 Å². The van der Waals surface area contributed by atoms with Crippen LogP contribution in [0.25, 0.3) is 0 Å². The number of carbonyl (C=O) groups excluding carboxylic acids is 2. The lowest BCUT2D eigenvalue weighted by molar-refractivity contribution is -0.141. The van der Waals surface area contributed by atoms with Gasteiger partial charge in [-0.15, -0.1) is 0 Å². The van der Waals surface area contributed by atoms with Gasteiger partial charge < -0.3 is 10.2 Å². The average Bonchev–Trinajstić information content (AvgIpc) is 2.77. The molecule has 8 heteroatoms. The number of nitrogens with one attached hydrogen (secondary N) is 1. The minimum absolute atomic E-state index is 0.140. The summed E-state index contributed by atoms with van der Waals surface area (Å²) in [4.78, 5) is 27.4. The molecule has 0 aliphatic carbocycles. The van der Waals surface area contributed by atoms with Gasteiger partial charge in [-0.1, -0.05) is 55.5 Å². The number of sulfonamides is 1. The number of benzene rings is 2. The molecule has 174 valence electrons. The summed E-state index contributed by atoms with van der Waals surface area (Å²) in [7, 11) is -3.48. The molecular formula is C24H33N3O4S. The molecule has 2 aromatic carbocycles. The van der Waals surface area contributed by atoms with Crippen LogP contribution < -0.4 is 9.62 Å². The molecule has 0 saturated carbocycles. The lowest BCUT2D eigenvalue weighted by Crippen LogP contribution is -2.49. The van der Waals surface area contributed by atoms with Crippen molar-refractivity contribution >= 4 is 27.5 Å². The summed E-state index contributed by atoms with van der Waals surface area (Å²) in [6, 6.07) is 17.8. The topological polar surface area (TPSA) is 86.8 Å². The number of amides is 2. The van der Waals surface area contributed by atoms with Crippen molar-refractivity contribution in [1.29, 1.82) is 0 Å². The van der Waals surface area contributed by atoms with E-state index in [2.05, 4.69) is 5.32 Å². The Morgan fingerprint density at radius 3 is 2.09 bits per heavy atom. The molecule has 32 heavy (non-hydrogen) atoms. The van der Waals surface area contributed by atoms with Crippen LogP contribution in [-0.4, -0.2) is 50.5 Å². The minimum atomic E-state index is -3.48. The van der Waals surface area contributed by atoms with Crippen molar-refractivity contribution < 1.29 is 18.0 Å². The molecule has 0 fully saturated rings. The molecule has 0 heterocycles. The Kier molecular flexibility index (Phi) is 9.71. The van der Waals surface area contributed by atoms with Gasteiger partial charge in [0.15, 0.2) is 0 Å². The molecule has 0 saturated heterocycles. The van der Waals surface area contributed by atoms with Gasteiger partial charge in [0.1, 0.15) is 6.04 Å². The van der Waals surface area contributed by atoms with E-state index >= 15 is 0 Å². The van der Waals surface area contributed by atoms with E-state index in [0.29, 0.717) is 31.6 Å². The summed E-state index contributed by atoms with van der Waals surface area (Å²) in [6.07, 6.45) is 2.13. The fourth-order valence-corrected chi connectivity index (χ4v) is 4.56. The largest absolute Gasteiger partial charge is 0.355 e. The van der Waals surface area contributed by atoms with Crippen LogP contribution >= 0.6 is 0 Å². The van der Waals surface area contributed by atoms with Gasteiger partial charge in [0.05, 0.1) is 11.9 Å². The van der Waals surface area contributed by atoms with E-state index in [9.17, 15) is 18.0 Å². The fourth-order valence-electron chi connectivity index (χ4n) is 3.59. The Hall–Kier alpha value is -2.87. The zero-order chi connectivity index (χ0) is 23.6. The third-order valence-electron chi connectivity index (χ3n) is 5.13. The first-order chi connectivity index (χ1) is 15.3. The second-order valence-corrected chi connectivity index (χ2v) is 9.51. The molecule has 0 radical (unpaired) electrons. The molecule has 0 unspecified atom stereocenters. The second-order valence-electron chi connectivity index (χ2n) is 7.60. The third-order valence-corrected chi connectivity index (χ3v) is 6.32. The molecule has 2 rings (SSSR count). The van der Waals surface area contributed by atoms with Crippen LogP contribution in [0.5, 0.6) is 0 Å². The van der Waals surface area contributed by atoms with E-state index in [-0.39, 0.29) is 24.8 Å². The smallest absolute Gasteiger partial charge is 0.242 e. The van der Waals surface area contributed by atoms with E-state index < -0.39 is 16.1 Å². The number of nitrogens with zero attached hydrogens (tertiary/aromatic N) is 2. The molecule has 0 aliphatic rings. The number of anilines is 1. The predicted octanol–water partition coefficient (Wildman–Crippen LogP) is 3.18. The van der Waals surface area contributed by atoms with E-state index in [1.54, 1.807) is 29.2 Å². The first-order valence-corrected chi connectivity index (χ1v) is 12.8. The van der Waals surface area contributed by atoms with E-state index in [1.807, 2.05) is 50.2 Å². The Bertz CT molecular complexity index is 965. The average molecular weight is 460 g/mol. The molecule has 0 spiro atoms. The van der Waals surface area contributed by atoms with Gasteiger partial charge in [0, 0.05) is 26.1 Å². The maximum atomic E-state index is 13.2. The monoisotopic (exact) mass is 459 g/mol. The van der Waals surface area contributed by atoms with Gasteiger partial charge in [-0.2, -0.15) is 0 Å². The first-order valence-electron chi connectivity index (χ1n) is 10.9. The molecule has 0 bridgehead atoms. The summed E-state index contributed by atoms with van der Waals surface area (Å²) in [5, 5.41) is 2.81. The molecule has 7 nitrogen and oxygen atoms in total. The standard InChI is InChI=1S/C24H33N3O4S/c1-4-22(24(29)25-5-2)26(19-20-13-8-6-9-14-20)23(28)17-12-18-27(32(3,30)31)21-15-10-7-11-16-21/h6-11,13-16,22H,4-5,12,17-19H2,1-3H3,(H,25,29)/t22-/m1/s1. The van der Waals surface area contributed by atoms with Crippen LogP contribution in [0.4, 0.5) is 5.69 Å². The SMILES string of the molecule is CCNC(=O)[C@@H](CC)N(Cc1ccccc1)C(=O)CCCN(c1ccccc1)S(C)(=O)=O. The fraction of sp³-hybridized carbons (Fsp3) is 0.417. The highest BCUT2D eigenvalue weighted by atomic mass is 32.2. The summed E-state index contributed by atoms with van der Waals surface area (Å²) in [5.41, 5.74) is 1.50. The van der Waals surface area contributed by atoms with Gasteiger partial charge in [0.25, 0.3) is 0 Å². The molecule has 2 amide bonds. The summed E-state index contributed by atoms with van der Waals surface area (Å²) < 4.78 is 25.9. The molecule has 0 aliphatic heterocycles. The van der Waals surface area contributed by atoms with Crippen LogP contribution in [0.15, 0.2) is 60.7 Å². The van der Waals surface area contributed by atoms with Crippen molar-refractivity contribution in [3.63, 3.8) is 0 Å². The zero-order valence-electron chi connectivity index (χ0n) is 19.0. The van der Waals surface area contributed by atoms with Crippen molar-refractivity contribution in [3.05, 3.63) is 66.2 Å². The van der Waals surface area contributed by atoms with Crippen LogP contribution in [-0.2, 0) is 26.2 Å². The number of carbonyl (C=O) groups is 2. The Balaban J connectivity index is 2.15. The summed E-state index contributed by atoms with van der Waals surface area (Å²) >= 11 is 0. The third kappa shape index (κ3) is 7.37. The highest BCUT2D eigenvalue weighted by Crippen LogP contribution is 2.19. The Morgan fingerprint density at radius 1 is 0.969 bits per heavy atom. The van der Waals surface area contributed by atoms with Gasteiger partial charge in [-0.25, -0.2) is 8.42 Å². The molecule has 0 aromatic heterocycles. The molecule has 1 N–H and O–H groups in total. The van der Waals surface area contributed by atoms with Crippen molar-refractivity contribution in [2.75, 3.05) is 23.7 Å². The maximum Gasteiger partial charge on any atom is 0.242 e.